The zero-order valence-electron chi connectivity index (χ0n) is 14.3. The molecule has 1 aliphatic rings. The summed E-state index contributed by atoms with van der Waals surface area (Å²) in [5, 5.41) is 7.18. The summed E-state index contributed by atoms with van der Waals surface area (Å²) in [5.41, 5.74) is 0.900. The number of imide groups is 1. The number of thioether (sulfide) groups is 1. The standard InChI is InChI=1S/C19H23N3O2S/c1-13-6-2-4-8-15(13)21-19(24)22-17(23)12-25-18-11-10-14-7-3-5-9-16(14)20-18/h3,5,7,9-11,13,15H,2,4,6,8,12H2,1H3,(H2,21,22,23,24). The van der Waals surface area contributed by atoms with E-state index in [0.717, 1.165) is 35.2 Å². The van der Waals surface area contributed by atoms with Crippen molar-refractivity contribution in [1.82, 2.24) is 15.6 Å². The van der Waals surface area contributed by atoms with Crippen LogP contribution < -0.4 is 10.6 Å². The highest BCUT2D eigenvalue weighted by Gasteiger charge is 2.23. The molecule has 25 heavy (non-hydrogen) atoms. The average molecular weight is 357 g/mol. The first kappa shape index (κ1) is 17.7. The van der Waals surface area contributed by atoms with Gasteiger partial charge < -0.3 is 5.32 Å². The molecule has 0 aliphatic heterocycles. The maximum atomic E-state index is 12.0. The van der Waals surface area contributed by atoms with Crippen molar-refractivity contribution in [3.8, 4) is 0 Å². The molecule has 2 aromatic rings. The van der Waals surface area contributed by atoms with Crippen molar-refractivity contribution in [3.63, 3.8) is 0 Å². The van der Waals surface area contributed by atoms with Crippen molar-refractivity contribution in [1.29, 1.82) is 0 Å². The molecule has 0 spiro atoms. The number of benzene rings is 1. The minimum atomic E-state index is -0.393. The quantitative estimate of drug-likeness (QED) is 0.818. The van der Waals surface area contributed by atoms with Crippen LogP contribution in [0.15, 0.2) is 41.4 Å². The Labute approximate surface area is 152 Å². The number of amides is 3. The van der Waals surface area contributed by atoms with Crippen LogP contribution in [0.4, 0.5) is 4.79 Å². The second-order valence-electron chi connectivity index (χ2n) is 6.52. The van der Waals surface area contributed by atoms with E-state index in [-0.39, 0.29) is 17.7 Å². The summed E-state index contributed by atoms with van der Waals surface area (Å²) in [6.45, 7) is 2.15. The van der Waals surface area contributed by atoms with Gasteiger partial charge in [-0.3, -0.25) is 10.1 Å². The van der Waals surface area contributed by atoms with Gasteiger partial charge in [0.2, 0.25) is 5.91 Å². The number of pyridine rings is 1. The molecule has 1 aromatic heterocycles. The first-order valence-corrected chi connectivity index (χ1v) is 9.69. The van der Waals surface area contributed by atoms with Crippen LogP contribution in [0, 0.1) is 5.92 Å². The van der Waals surface area contributed by atoms with Crippen molar-refractivity contribution in [2.45, 2.75) is 43.7 Å². The molecule has 1 saturated carbocycles. The molecule has 0 radical (unpaired) electrons. The highest BCUT2D eigenvalue weighted by Crippen LogP contribution is 2.23. The number of rotatable bonds is 4. The van der Waals surface area contributed by atoms with Gasteiger partial charge in [-0.1, -0.05) is 55.8 Å². The normalized spacial score (nSPS) is 20.2. The lowest BCUT2D eigenvalue weighted by Gasteiger charge is -2.29. The lowest BCUT2D eigenvalue weighted by Crippen LogP contribution is -2.48. The van der Waals surface area contributed by atoms with Gasteiger partial charge in [0.1, 0.15) is 0 Å². The summed E-state index contributed by atoms with van der Waals surface area (Å²) in [6.07, 6.45) is 4.46. The SMILES string of the molecule is CC1CCCCC1NC(=O)NC(=O)CSc1ccc2ccccc2n1. The number of fused-ring (bicyclic) bond motifs is 1. The number of nitrogens with zero attached hydrogens (tertiary/aromatic N) is 1. The molecule has 132 valence electrons. The van der Waals surface area contributed by atoms with Gasteiger partial charge in [-0.05, 0) is 30.9 Å². The van der Waals surface area contributed by atoms with Gasteiger partial charge in [-0.2, -0.15) is 0 Å². The molecular weight excluding hydrogens is 334 g/mol. The topological polar surface area (TPSA) is 71.1 Å². The Morgan fingerprint density at radius 2 is 1.96 bits per heavy atom. The Bertz CT molecular complexity index is 765. The predicted octanol–water partition coefficient (Wildman–Crippen LogP) is 3.73. The molecule has 5 nitrogen and oxygen atoms in total. The summed E-state index contributed by atoms with van der Waals surface area (Å²) in [7, 11) is 0. The van der Waals surface area contributed by atoms with Crippen LogP contribution in [0.5, 0.6) is 0 Å². The van der Waals surface area contributed by atoms with Crippen molar-refractivity contribution in [3.05, 3.63) is 36.4 Å². The van der Waals surface area contributed by atoms with E-state index in [1.807, 2.05) is 36.4 Å². The lowest BCUT2D eigenvalue weighted by molar-refractivity contribution is -0.117. The van der Waals surface area contributed by atoms with E-state index >= 15 is 0 Å². The number of carbonyl (C=O) groups excluding carboxylic acids is 2. The number of nitrogens with one attached hydrogen (secondary N) is 2. The second kappa shape index (κ2) is 8.34. The van der Waals surface area contributed by atoms with Crippen LogP contribution in [0.25, 0.3) is 10.9 Å². The van der Waals surface area contributed by atoms with E-state index in [1.54, 1.807) is 0 Å². The fourth-order valence-corrected chi connectivity index (χ4v) is 3.84. The Morgan fingerprint density at radius 1 is 1.16 bits per heavy atom. The van der Waals surface area contributed by atoms with E-state index in [0.29, 0.717) is 5.92 Å². The minimum absolute atomic E-state index is 0.163. The van der Waals surface area contributed by atoms with E-state index in [1.165, 1.54) is 18.2 Å². The highest BCUT2D eigenvalue weighted by atomic mass is 32.2. The number of aromatic nitrogens is 1. The maximum absolute atomic E-state index is 12.0. The monoisotopic (exact) mass is 357 g/mol. The van der Waals surface area contributed by atoms with Crippen LogP contribution in [-0.2, 0) is 4.79 Å². The third-order valence-electron chi connectivity index (χ3n) is 4.60. The van der Waals surface area contributed by atoms with Gasteiger partial charge in [0.05, 0.1) is 16.3 Å². The summed E-state index contributed by atoms with van der Waals surface area (Å²) in [4.78, 5) is 28.5. The Hall–Kier alpha value is -2.08. The van der Waals surface area contributed by atoms with Crippen LogP contribution in [-0.4, -0.2) is 28.7 Å². The molecule has 3 amide bonds. The molecule has 1 heterocycles. The number of carbonyl (C=O) groups is 2. The molecule has 2 N–H and O–H groups in total. The van der Waals surface area contributed by atoms with Gasteiger partial charge in [-0.15, -0.1) is 0 Å². The highest BCUT2D eigenvalue weighted by molar-refractivity contribution is 7.99. The molecule has 3 rings (SSSR count). The zero-order chi connectivity index (χ0) is 17.6. The van der Waals surface area contributed by atoms with Crippen LogP contribution in [0.1, 0.15) is 32.6 Å². The largest absolute Gasteiger partial charge is 0.335 e. The number of hydrogen-bond donors (Lipinski definition) is 2. The van der Waals surface area contributed by atoms with Crippen LogP contribution in [0.2, 0.25) is 0 Å². The predicted molar refractivity (Wildman–Crippen MR) is 101 cm³/mol. The van der Waals surface area contributed by atoms with Crippen LogP contribution >= 0.6 is 11.8 Å². The Kier molecular flexibility index (Phi) is 5.91. The molecule has 1 aromatic carbocycles. The van der Waals surface area contributed by atoms with Crippen LogP contribution in [0.3, 0.4) is 0 Å². The summed E-state index contributed by atoms with van der Waals surface area (Å²) in [6, 6.07) is 11.5. The first-order chi connectivity index (χ1) is 12.1. The van der Waals surface area contributed by atoms with Gasteiger partial charge in [-0.25, -0.2) is 9.78 Å². The summed E-state index contributed by atoms with van der Waals surface area (Å²) < 4.78 is 0. The Balaban J connectivity index is 1.47. The van der Waals surface area contributed by atoms with Crippen molar-refractivity contribution in [2.75, 3.05) is 5.75 Å². The van der Waals surface area contributed by atoms with Crippen molar-refractivity contribution < 1.29 is 9.59 Å². The molecule has 1 fully saturated rings. The molecule has 6 heteroatoms. The van der Waals surface area contributed by atoms with E-state index in [9.17, 15) is 9.59 Å². The fraction of sp³-hybridized carbons (Fsp3) is 0.421. The van der Waals surface area contributed by atoms with Gasteiger partial charge in [0.25, 0.3) is 0 Å². The molecule has 2 atom stereocenters. The third kappa shape index (κ3) is 4.95. The number of hydrogen-bond acceptors (Lipinski definition) is 4. The lowest BCUT2D eigenvalue weighted by atomic mass is 9.86. The number of para-hydroxylation sites is 1. The van der Waals surface area contributed by atoms with Crippen molar-refractivity contribution in [2.24, 2.45) is 5.92 Å². The molecule has 0 bridgehead atoms. The molecule has 0 saturated heterocycles. The first-order valence-electron chi connectivity index (χ1n) is 8.71. The van der Waals surface area contributed by atoms with Gasteiger partial charge >= 0.3 is 6.03 Å². The maximum Gasteiger partial charge on any atom is 0.321 e. The minimum Gasteiger partial charge on any atom is -0.335 e. The Morgan fingerprint density at radius 3 is 2.80 bits per heavy atom. The fourth-order valence-electron chi connectivity index (χ4n) is 3.17. The van der Waals surface area contributed by atoms with Gasteiger partial charge in [0, 0.05) is 11.4 Å². The summed E-state index contributed by atoms with van der Waals surface area (Å²) in [5.74, 6) is 0.325. The molecule has 1 aliphatic carbocycles. The molecule has 2 unspecified atom stereocenters. The van der Waals surface area contributed by atoms with E-state index in [2.05, 4.69) is 22.5 Å². The average Bonchev–Trinajstić information content (AvgIpc) is 2.62. The van der Waals surface area contributed by atoms with E-state index in [4.69, 9.17) is 0 Å². The smallest absolute Gasteiger partial charge is 0.321 e. The molecular formula is C19H23N3O2S. The van der Waals surface area contributed by atoms with Gasteiger partial charge in [0.15, 0.2) is 0 Å². The number of urea groups is 1. The van der Waals surface area contributed by atoms with E-state index < -0.39 is 6.03 Å². The zero-order valence-corrected chi connectivity index (χ0v) is 15.1. The van der Waals surface area contributed by atoms with Crippen molar-refractivity contribution >= 4 is 34.6 Å². The summed E-state index contributed by atoms with van der Waals surface area (Å²) >= 11 is 1.33. The second-order valence-corrected chi connectivity index (χ2v) is 7.52. The third-order valence-corrected chi connectivity index (χ3v) is 5.53.